The van der Waals surface area contributed by atoms with E-state index < -0.39 is 0 Å². The zero-order chi connectivity index (χ0) is 10.6. The van der Waals surface area contributed by atoms with Crippen molar-refractivity contribution in [2.45, 2.75) is 19.4 Å². The number of hydrogen-bond acceptors (Lipinski definition) is 3. The first kappa shape index (κ1) is 11.2. The summed E-state index contributed by atoms with van der Waals surface area (Å²) >= 11 is 0. The lowest BCUT2D eigenvalue weighted by atomic mass is 9.97. The predicted molar refractivity (Wildman–Crippen MR) is 54.6 cm³/mol. The Hall–Kier alpha value is -0.870. The number of nitrogens with two attached hydrogens (primary N) is 1. The number of likely N-dealkylation sites (tertiary alicyclic amines) is 1. The van der Waals surface area contributed by atoms with Crippen molar-refractivity contribution in [3.8, 4) is 0 Å². The number of nitrogens with zero attached hydrogens (tertiary/aromatic N) is 1. The minimum absolute atomic E-state index is 0.00537. The number of amides is 1. The van der Waals surface area contributed by atoms with Gasteiger partial charge in [-0.1, -0.05) is 13.0 Å². The second-order valence-corrected chi connectivity index (χ2v) is 3.76. The average Bonchev–Trinajstić information content (AvgIpc) is 2.18. The Bertz CT molecular complexity index is 228. The third kappa shape index (κ3) is 2.82. The second-order valence-electron chi connectivity index (χ2n) is 3.76. The van der Waals surface area contributed by atoms with E-state index in [1.807, 2.05) is 6.92 Å². The van der Waals surface area contributed by atoms with Crippen LogP contribution in [-0.2, 0) is 4.79 Å². The summed E-state index contributed by atoms with van der Waals surface area (Å²) < 4.78 is 0. The normalized spacial score (nSPS) is 28.4. The van der Waals surface area contributed by atoms with E-state index in [0.717, 1.165) is 0 Å². The Labute approximate surface area is 84.4 Å². The molecule has 3 N–H and O–H groups in total. The highest BCUT2D eigenvalue weighted by molar-refractivity contribution is 5.87. The molecule has 4 nitrogen and oxygen atoms in total. The maximum atomic E-state index is 11.5. The highest BCUT2D eigenvalue weighted by atomic mass is 16.3. The van der Waals surface area contributed by atoms with E-state index in [-0.39, 0.29) is 17.9 Å². The maximum absolute atomic E-state index is 11.5. The molecule has 2 atom stereocenters. The summed E-state index contributed by atoms with van der Waals surface area (Å²) in [6.45, 7) is 3.61. The van der Waals surface area contributed by atoms with Crippen molar-refractivity contribution in [2.75, 3.05) is 19.6 Å². The summed E-state index contributed by atoms with van der Waals surface area (Å²) in [5.74, 6) is 0.160. The SMILES string of the molecule is CC1CN(C(=O)/C=C/CN)CCC1O. The van der Waals surface area contributed by atoms with Crippen LogP contribution in [0.2, 0.25) is 0 Å². The molecule has 1 amide bonds. The van der Waals surface area contributed by atoms with Crippen molar-refractivity contribution in [2.24, 2.45) is 11.7 Å². The Morgan fingerprint density at radius 3 is 3.00 bits per heavy atom. The minimum atomic E-state index is -0.266. The van der Waals surface area contributed by atoms with Crippen LogP contribution in [0.5, 0.6) is 0 Å². The summed E-state index contributed by atoms with van der Waals surface area (Å²) in [4.78, 5) is 13.3. The molecule has 1 heterocycles. The zero-order valence-corrected chi connectivity index (χ0v) is 8.52. The van der Waals surface area contributed by atoms with Gasteiger partial charge < -0.3 is 15.7 Å². The van der Waals surface area contributed by atoms with Crippen molar-refractivity contribution in [1.82, 2.24) is 4.90 Å². The molecule has 1 saturated heterocycles. The minimum Gasteiger partial charge on any atom is -0.393 e. The molecule has 0 bridgehead atoms. The van der Waals surface area contributed by atoms with Gasteiger partial charge in [0, 0.05) is 25.7 Å². The quantitative estimate of drug-likeness (QED) is 0.600. The van der Waals surface area contributed by atoms with Crippen LogP contribution in [0.3, 0.4) is 0 Å². The molecule has 14 heavy (non-hydrogen) atoms. The van der Waals surface area contributed by atoms with Crippen molar-refractivity contribution in [1.29, 1.82) is 0 Å². The number of carbonyl (C=O) groups is 1. The first-order valence-electron chi connectivity index (χ1n) is 4.98. The third-order valence-corrected chi connectivity index (χ3v) is 2.57. The van der Waals surface area contributed by atoms with Crippen molar-refractivity contribution in [3.05, 3.63) is 12.2 Å². The molecule has 0 radical (unpaired) electrons. The van der Waals surface area contributed by atoms with Crippen molar-refractivity contribution in [3.63, 3.8) is 0 Å². The molecule has 2 unspecified atom stereocenters. The molecule has 0 saturated carbocycles. The van der Waals surface area contributed by atoms with Crippen LogP contribution in [0.25, 0.3) is 0 Å². The predicted octanol–water partition coefficient (Wildman–Crippen LogP) is -0.269. The van der Waals surface area contributed by atoms with Gasteiger partial charge in [0.1, 0.15) is 0 Å². The third-order valence-electron chi connectivity index (χ3n) is 2.57. The summed E-state index contributed by atoms with van der Waals surface area (Å²) in [7, 11) is 0. The molecule has 4 heteroatoms. The van der Waals surface area contributed by atoms with E-state index in [0.29, 0.717) is 26.1 Å². The number of rotatable bonds is 2. The molecule has 1 aliphatic rings. The number of piperidine rings is 1. The first-order chi connectivity index (χ1) is 6.65. The summed E-state index contributed by atoms with van der Waals surface area (Å²) in [6.07, 6.45) is 3.56. The summed E-state index contributed by atoms with van der Waals surface area (Å²) in [5, 5.41) is 9.48. The zero-order valence-electron chi connectivity index (χ0n) is 8.52. The van der Waals surface area contributed by atoms with Crippen LogP contribution >= 0.6 is 0 Å². The molecule has 0 spiro atoms. The number of hydrogen-bond donors (Lipinski definition) is 2. The Balaban J connectivity index is 2.46. The highest BCUT2D eigenvalue weighted by Crippen LogP contribution is 2.16. The van der Waals surface area contributed by atoms with Crippen LogP contribution in [0.1, 0.15) is 13.3 Å². The van der Waals surface area contributed by atoms with E-state index in [1.165, 1.54) is 6.08 Å². The van der Waals surface area contributed by atoms with Gasteiger partial charge in [0.05, 0.1) is 6.10 Å². The molecule has 1 fully saturated rings. The van der Waals surface area contributed by atoms with Gasteiger partial charge in [0.25, 0.3) is 0 Å². The van der Waals surface area contributed by atoms with Crippen LogP contribution in [0.4, 0.5) is 0 Å². The standard InChI is InChI=1S/C10H18N2O2/c1-8-7-12(6-4-9(8)13)10(14)3-2-5-11/h2-3,8-9,13H,4-7,11H2,1H3/b3-2+. The fraction of sp³-hybridized carbons (Fsp3) is 0.700. The molecule has 1 rings (SSSR count). The fourth-order valence-electron chi connectivity index (χ4n) is 1.61. The molecule has 0 aromatic rings. The Kier molecular flexibility index (Phi) is 4.10. The monoisotopic (exact) mass is 198 g/mol. The lowest BCUT2D eigenvalue weighted by Gasteiger charge is -2.33. The van der Waals surface area contributed by atoms with Gasteiger partial charge in [-0.3, -0.25) is 4.79 Å². The first-order valence-corrected chi connectivity index (χ1v) is 4.98. The van der Waals surface area contributed by atoms with Crippen LogP contribution in [0, 0.1) is 5.92 Å². The number of aliphatic hydroxyl groups is 1. The number of carbonyl (C=O) groups excluding carboxylic acids is 1. The highest BCUT2D eigenvalue weighted by Gasteiger charge is 2.25. The van der Waals surface area contributed by atoms with Gasteiger partial charge in [-0.05, 0) is 12.3 Å². The van der Waals surface area contributed by atoms with E-state index in [1.54, 1.807) is 11.0 Å². The molecular formula is C10H18N2O2. The summed E-state index contributed by atoms with van der Waals surface area (Å²) in [6, 6.07) is 0. The largest absolute Gasteiger partial charge is 0.393 e. The van der Waals surface area contributed by atoms with E-state index in [4.69, 9.17) is 5.73 Å². The lowest BCUT2D eigenvalue weighted by molar-refractivity contribution is -0.129. The van der Waals surface area contributed by atoms with Crippen molar-refractivity contribution < 1.29 is 9.90 Å². The van der Waals surface area contributed by atoms with Gasteiger partial charge in [-0.2, -0.15) is 0 Å². The lowest BCUT2D eigenvalue weighted by Crippen LogP contribution is -2.44. The average molecular weight is 198 g/mol. The molecular weight excluding hydrogens is 180 g/mol. The van der Waals surface area contributed by atoms with Gasteiger partial charge in [-0.25, -0.2) is 0 Å². The maximum Gasteiger partial charge on any atom is 0.246 e. The topological polar surface area (TPSA) is 66.6 Å². The fourth-order valence-corrected chi connectivity index (χ4v) is 1.61. The van der Waals surface area contributed by atoms with Gasteiger partial charge >= 0.3 is 0 Å². The molecule has 0 aliphatic carbocycles. The van der Waals surface area contributed by atoms with E-state index >= 15 is 0 Å². The number of aliphatic hydroxyl groups excluding tert-OH is 1. The van der Waals surface area contributed by atoms with Crippen LogP contribution in [0.15, 0.2) is 12.2 Å². The van der Waals surface area contributed by atoms with E-state index in [9.17, 15) is 9.90 Å². The van der Waals surface area contributed by atoms with Crippen LogP contribution in [-0.4, -0.2) is 41.7 Å². The summed E-state index contributed by atoms with van der Waals surface area (Å²) in [5.41, 5.74) is 5.26. The van der Waals surface area contributed by atoms with Gasteiger partial charge in [-0.15, -0.1) is 0 Å². The van der Waals surface area contributed by atoms with Gasteiger partial charge in [0.2, 0.25) is 5.91 Å². The Morgan fingerprint density at radius 2 is 2.43 bits per heavy atom. The molecule has 0 aromatic heterocycles. The molecule has 1 aliphatic heterocycles. The van der Waals surface area contributed by atoms with E-state index in [2.05, 4.69) is 0 Å². The second kappa shape index (κ2) is 5.12. The smallest absolute Gasteiger partial charge is 0.246 e. The Morgan fingerprint density at radius 1 is 1.71 bits per heavy atom. The molecule has 80 valence electrons. The van der Waals surface area contributed by atoms with Gasteiger partial charge in [0.15, 0.2) is 0 Å². The van der Waals surface area contributed by atoms with Crippen LogP contribution < -0.4 is 5.73 Å². The molecule has 0 aromatic carbocycles. The van der Waals surface area contributed by atoms with Crippen molar-refractivity contribution >= 4 is 5.91 Å².